The molecule has 0 aliphatic rings. The molecule has 1 unspecified atom stereocenters. The largest absolute Gasteiger partial charge is 0.490 e. The highest BCUT2D eigenvalue weighted by Gasteiger charge is 2.13. The number of benzene rings is 1. The molecule has 0 radical (unpaired) electrons. The van der Waals surface area contributed by atoms with Gasteiger partial charge < -0.3 is 9.47 Å². The minimum absolute atomic E-state index is 0.0558. The average Bonchev–Trinajstić information content (AvgIpc) is 2.53. The van der Waals surface area contributed by atoms with Crippen LogP contribution in [0.25, 0.3) is 0 Å². The van der Waals surface area contributed by atoms with Gasteiger partial charge in [-0.1, -0.05) is 25.2 Å². The van der Waals surface area contributed by atoms with Crippen molar-refractivity contribution in [1.82, 2.24) is 0 Å². The minimum Gasteiger partial charge on any atom is -0.490 e. The van der Waals surface area contributed by atoms with E-state index in [-0.39, 0.29) is 6.10 Å². The zero-order valence-electron chi connectivity index (χ0n) is 13.6. The summed E-state index contributed by atoms with van der Waals surface area (Å²) < 4.78 is 11.7. The highest BCUT2D eigenvalue weighted by Crippen LogP contribution is 2.30. The van der Waals surface area contributed by atoms with Crippen LogP contribution in [0.2, 0.25) is 0 Å². The van der Waals surface area contributed by atoms with Gasteiger partial charge in [-0.2, -0.15) is 0 Å². The van der Waals surface area contributed by atoms with Gasteiger partial charge in [0.25, 0.3) is 0 Å². The summed E-state index contributed by atoms with van der Waals surface area (Å²) in [4.78, 5) is 10.9. The van der Waals surface area contributed by atoms with E-state index in [0.29, 0.717) is 23.7 Å². The number of carbonyl (C=O) groups is 1. The lowest BCUT2D eigenvalue weighted by Gasteiger charge is -2.19. The van der Waals surface area contributed by atoms with Crippen LogP contribution in [0, 0.1) is 0 Å². The number of hydrogen-bond donors (Lipinski definition) is 0. The van der Waals surface area contributed by atoms with E-state index in [0.717, 1.165) is 32.0 Å². The summed E-state index contributed by atoms with van der Waals surface area (Å²) in [7, 11) is 0. The lowest BCUT2D eigenvalue weighted by atomic mass is 10.1. The minimum atomic E-state index is 0.0558. The number of hydrogen-bond acceptors (Lipinski definition) is 3. The summed E-state index contributed by atoms with van der Waals surface area (Å²) in [5.74, 6) is 1.30. The van der Waals surface area contributed by atoms with Gasteiger partial charge >= 0.3 is 0 Å². The van der Waals surface area contributed by atoms with E-state index in [4.69, 9.17) is 9.47 Å². The van der Waals surface area contributed by atoms with Crippen LogP contribution >= 0.6 is 0 Å². The molecule has 3 heteroatoms. The molecule has 0 amide bonds. The third kappa shape index (κ3) is 6.17. The molecule has 120 valence electrons. The number of ether oxygens (including phenoxy) is 2. The second-order valence-corrected chi connectivity index (χ2v) is 4.98. The summed E-state index contributed by atoms with van der Waals surface area (Å²) in [5, 5.41) is 0. The molecule has 0 saturated carbocycles. The van der Waals surface area contributed by atoms with Crippen molar-refractivity contribution in [2.45, 2.75) is 45.6 Å². The van der Waals surface area contributed by atoms with Crippen LogP contribution in [-0.2, 0) is 0 Å². The highest BCUT2D eigenvalue weighted by molar-refractivity contribution is 5.76. The zero-order valence-corrected chi connectivity index (χ0v) is 13.6. The van der Waals surface area contributed by atoms with Gasteiger partial charge in [0.15, 0.2) is 11.5 Å². The highest BCUT2D eigenvalue weighted by atomic mass is 16.5. The first-order valence-electron chi connectivity index (χ1n) is 7.89. The fraction of sp³-hybridized carbons (Fsp3) is 0.421. The SMILES string of the molecule is C=CCC(CC/C=C\CC)Oc1ccc(C=O)cc1OCC. The first-order chi connectivity index (χ1) is 10.7. The van der Waals surface area contributed by atoms with E-state index in [1.807, 2.05) is 13.0 Å². The van der Waals surface area contributed by atoms with Crippen molar-refractivity contribution in [2.24, 2.45) is 0 Å². The van der Waals surface area contributed by atoms with Crippen LogP contribution < -0.4 is 9.47 Å². The maximum atomic E-state index is 10.9. The zero-order chi connectivity index (χ0) is 16.2. The smallest absolute Gasteiger partial charge is 0.161 e. The molecule has 1 aromatic carbocycles. The maximum Gasteiger partial charge on any atom is 0.161 e. The first-order valence-corrected chi connectivity index (χ1v) is 7.89. The van der Waals surface area contributed by atoms with E-state index in [1.165, 1.54) is 0 Å². The van der Waals surface area contributed by atoms with Crippen molar-refractivity contribution in [2.75, 3.05) is 6.61 Å². The van der Waals surface area contributed by atoms with Gasteiger partial charge in [0.1, 0.15) is 12.4 Å². The number of allylic oxidation sites excluding steroid dienone is 2. The Balaban J connectivity index is 2.80. The summed E-state index contributed by atoms with van der Waals surface area (Å²) in [5.41, 5.74) is 0.585. The van der Waals surface area contributed by atoms with Crippen LogP contribution in [0.3, 0.4) is 0 Å². The predicted molar refractivity (Wildman–Crippen MR) is 90.9 cm³/mol. The van der Waals surface area contributed by atoms with Crippen LogP contribution in [0.4, 0.5) is 0 Å². The van der Waals surface area contributed by atoms with Gasteiger partial charge in [0, 0.05) is 12.0 Å². The molecule has 0 N–H and O–H groups in total. The Morgan fingerprint density at radius 3 is 2.68 bits per heavy atom. The lowest BCUT2D eigenvalue weighted by Crippen LogP contribution is -2.16. The topological polar surface area (TPSA) is 35.5 Å². The van der Waals surface area contributed by atoms with Crippen molar-refractivity contribution in [3.05, 3.63) is 48.6 Å². The van der Waals surface area contributed by atoms with Crippen molar-refractivity contribution in [3.63, 3.8) is 0 Å². The second-order valence-electron chi connectivity index (χ2n) is 4.98. The number of rotatable bonds is 11. The standard InChI is InChI=1S/C19H26O3/c1-4-7-8-9-11-17(10-5-2)22-18-13-12-16(15-20)14-19(18)21-6-3/h5,7-8,12-15,17H,2,4,6,9-11H2,1,3H3/b8-7-. The van der Waals surface area contributed by atoms with Gasteiger partial charge in [-0.3, -0.25) is 4.79 Å². The molecule has 22 heavy (non-hydrogen) atoms. The van der Waals surface area contributed by atoms with Crippen molar-refractivity contribution >= 4 is 6.29 Å². The average molecular weight is 302 g/mol. The van der Waals surface area contributed by atoms with Crippen LogP contribution in [-0.4, -0.2) is 19.0 Å². The molecule has 0 heterocycles. The molecule has 3 nitrogen and oxygen atoms in total. The Bertz CT molecular complexity index is 491. The van der Waals surface area contributed by atoms with Crippen LogP contribution in [0.15, 0.2) is 43.0 Å². The Kier molecular flexibility index (Phi) is 8.73. The second kappa shape index (κ2) is 10.7. The fourth-order valence-corrected chi connectivity index (χ4v) is 2.12. The molecule has 1 atom stereocenters. The van der Waals surface area contributed by atoms with Gasteiger partial charge in [-0.15, -0.1) is 6.58 Å². The summed E-state index contributed by atoms with van der Waals surface area (Å²) in [6.07, 6.45) is 10.8. The molecule has 0 spiro atoms. The Morgan fingerprint density at radius 2 is 2.05 bits per heavy atom. The van der Waals surface area contributed by atoms with Crippen LogP contribution in [0.1, 0.15) is 49.9 Å². The quantitative estimate of drug-likeness (QED) is 0.428. The van der Waals surface area contributed by atoms with Gasteiger partial charge in [-0.25, -0.2) is 0 Å². The van der Waals surface area contributed by atoms with Crippen LogP contribution in [0.5, 0.6) is 11.5 Å². The molecule has 1 aromatic rings. The van der Waals surface area contributed by atoms with Gasteiger partial charge in [-0.05, 0) is 44.4 Å². The third-order valence-electron chi connectivity index (χ3n) is 3.18. The van der Waals surface area contributed by atoms with E-state index in [2.05, 4.69) is 25.7 Å². The molecule has 0 saturated heterocycles. The first kappa shape index (κ1) is 18.0. The molecule has 0 fully saturated rings. The van der Waals surface area contributed by atoms with E-state index in [9.17, 15) is 4.79 Å². The molecule has 0 bridgehead atoms. The molecule has 0 aromatic heterocycles. The van der Waals surface area contributed by atoms with Gasteiger partial charge in [0.05, 0.1) is 6.61 Å². The molecular formula is C19H26O3. The van der Waals surface area contributed by atoms with Gasteiger partial charge in [0.2, 0.25) is 0 Å². The Morgan fingerprint density at radius 1 is 1.23 bits per heavy atom. The Labute approximate surface area is 133 Å². The molecule has 1 rings (SSSR count). The van der Waals surface area contributed by atoms with Crippen molar-refractivity contribution in [3.8, 4) is 11.5 Å². The summed E-state index contributed by atoms with van der Waals surface area (Å²) in [6.45, 7) is 8.36. The molecule has 0 aliphatic carbocycles. The fourth-order valence-electron chi connectivity index (χ4n) is 2.12. The molecule has 0 aliphatic heterocycles. The lowest BCUT2D eigenvalue weighted by molar-refractivity contribution is 0.112. The predicted octanol–water partition coefficient (Wildman–Crippen LogP) is 4.97. The summed E-state index contributed by atoms with van der Waals surface area (Å²) >= 11 is 0. The van der Waals surface area contributed by atoms with E-state index < -0.39 is 0 Å². The normalized spacial score (nSPS) is 12.1. The number of carbonyl (C=O) groups excluding carboxylic acids is 1. The van der Waals surface area contributed by atoms with Crippen molar-refractivity contribution in [1.29, 1.82) is 0 Å². The Hall–Kier alpha value is -2.03. The van der Waals surface area contributed by atoms with Crippen molar-refractivity contribution < 1.29 is 14.3 Å². The summed E-state index contributed by atoms with van der Waals surface area (Å²) in [6, 6.07) is 5.26. The van der Waals surface area contributed by atoms with E-state index >= 15 is 0 Å². The van der Waals surface area contributed by atoms with E-state index in [1.54, 1.807) is 18.2 Å². The maximum absolute atomic E-state index is 10.9. The third-order valence-corrected chi connectivity index (χ3v) is 3.18. The molecular weight excluding hydrogens is 276 g/mol. The monoisotopic (exact) mass is 302 g/mol. The number of aldehydes is 1.